The van der Waals surface area contributed by atoms with Crippen LogP contribution in [0.3, 0.4) is 0 Å². The van der Waals surface area contributed by atoms with E-state index in [1.54, 1.807) is 0 Å². The maximum Gasteiger partial charge on any atom is 0.412 e. The molecule has 0 nitrogen and oxygen atoms in total. The third kappa shape index (κ3) is 2.35. The normalized spacial score (nSPS) is 29.8. The van der Waals surface area contributed by atoms with Gasteiger partial charge in [-0.05, 0) is 31.1 Å². The molecule has 17 heavy (non-hydrogen) atoms. The summed E-state index contributed by atoms with van der Waals surface area (Å²) in [6.07, 6.45) is -7.36. The summed E-state index contributed by atoms with van der Waals surface area (Å²) in [5.41, 5.74) is -1.32. The lowest BCUT2D eigenvalue weighted by Gasteiger charge is -2.36. The summed E-state index contributed by atoms with van der Waals surface area (Å²) in [4.78, 5) is 0. The minimum Gasteiger partial charge on any atom is -0.166 e. The van der Waals surface area contributed by atoms with Crippen LogP contribution in [0.5, 0.6) is 0 Å². The Morgan fingerprint density at radius 1 is 0.765 bits per heavy atom. The van der Waals surface area contributed by atoms with Gasteiger partial charge < -0.3 is 0 Å². The minimum absolute atomic E-state index is 0.0450. The zero-order valence-electron chi connectivity index (χ0n) is 8.70. The van der Waals surface area contributed by atoms with E-state index < -0.39 is 35.3 Å². The molecule has 0 saturated heterocycles. The van der Waals surface area contributed by atoms with Crippen molar-refractivity contribution in [2.24, 2.45) is 11.8 Å². The van der Waals surface area contributed by atoms with Gasteiger partial charge >= 0.3 is 12.4 Å². The highest BCUT2D eigenvalue weighted by molar-refractivity contribution is 5.28. The predicted octanol–water partition coefficient (Wildman–Crippen LogP) is 4.39. The molecule has 2 atom stereocenters. The maximum atomic E-state index is 12.5. The molecule has 0 aromatic carbocycles. The van der Waals surface area contributed by atoms with Crippen molar-refractivity contribution in [3.8, 4) is 0 Å². The molecule has 0 radical (unpaired) electrons. The van der Waals surface area contributed by atoms with Crippen LogP contribution in [0.1, 0.15) is 19.3 Å². The summed E-state index contributed by atoms with van der Waals surface area (Å²) in [6, 6.07) is 0. The first-order chi connectivity index (χ1) is 7.69. The quantitative estimate of drug-likeness (QED) is 0.445. The lowest BCUT2D eigenvalue weighted by atomic mass is 9.71. The summed E-state index contributed by atoms with van der Waals surface area (Å²) >= 11 is 0. The van der Waals surface area contributed by atoms with Crippen molar-refractivity contribution in [2.75, 3.05) is 0 Å². The van der Waals surface area contributed by atoms with Crippen LogP contribution in [0.4, 0.5) is 26.3 Å². The summed E-state index contributed by atoms with van der Waals surface area (Å²) in [5.74, 6) is -1.61. The molecular weight excluding hydrogens is 246 g/mol. The van der Waals surface area contributed by atoms with Crippen LogP contribution in [0.15, 0.2) is 23.3 Å². The van der Waals surface area contributed by atoms with Crippen LogP contribution in [-0.4, -0.2) is 12.4 Å². The van der Waals surface area contributed by atoms with Crippen LogP contribution in [0, 0.1) is 11.8 Å². The Labute approximate surface area is 94.0 Å². The molecule has 6 heteroatoms. The predicted molar refractivity (Wildman–Crippen MR) is 49.1 cm³/mol. The topological polar surface area (TPSA) is 0 Å². The molecule has 0 N–H and O–H groups in total. The first kappa shape index (κ1) is 12.5. The molecule has 0 amide bonds. The van der Waals surface area contributed by atoms with Crippen LogP contribution in [0.2, 0.25) is 0 Å². The first-order valence-corrected chi connectivity index (χ1v) is 5.24. The van der Waals surface area contributed by atoms with E-state index in [2.05, 4.69) is 0 Å². The highest BCUT2D eigenvalue weighted by Crippen LogP contribution is 2.49. The summed E-state index contributed by atoms with van der Waals surface area (Å²) in [6.45, 7) is 0. The molecule has 2 aliphatic carbocycles. The van der Waals surface area contributed by atoms with E-state index in [0.29, 0.717) is 0 Å². The van der Waals surface area contributed by atoms with E-state index in [1.165, 1.54) is 0 Å². The molecule has 0 spiro atoms. The van der Waals surface area contributed by atoms with Crippen LogP contribution in [0.25, 0.3) is 0 Å². The molecule has 96 valence electrons. The number of alkyl halides is 6. The molecule has 0 aromatic rings. The third-order valence-electron chi connectivity index (χ3n) is 3.35. The number of allylic oxidation sites excluding steroid dienone is 4. The molecule has 0 aromatic heterocycles. The van der Waals surface area contributed by atoms with Gasteiger partial charge in [-0.1, -0.05) is 12.2 Å². The van der Waals surface area contributed by atoms with E-state index in [-0.39, 0.29) is 19.3 Å². The second-order valence-corrected chi connectivity index (χ2v) is 4.42. The average Bonchev–Trinajstić information content (AvgIpc) is 2.13. The molecule has 2 unspecified atom stereocenters. The fraction of sp³-hybridized carbons (Fsp3) is 0.636. The van der Waals surface area contributed by atoms with Gasteiger partial charge in [0.15, 0.2) is 0 Å². The molecule has 2 rings (SSSR count). The van der Waals surface area contributed by atoms with Gasteiger partial charge in [-0.25, -0.2) is 0 Å². The monoisotopic (exact) mass is 256 g/mol. The van der Waals surface area contributed by atoms with Crippen molar-refractivity contribution >= 4 is 0 Å². The zero-order valence-corrected chi connectivity index (χ0v) is 8.70. The van der Waals surface area contributed by atoms with Crippen molar-refractivity contribution in [1.29, 1.82) is 0 Å². The first-order valence-electron chi connectivity index (χ1n) is 5.24. The number of fused-ring (bicyclic) bond motifs is 2. The van der Waals surface area contributed by atoms with E-state index in [0.717, 1.165) is 12.2 Å². The third-order valence-corrected chi connectivity index (χ3v) is 3.35. The molecule has 0 heterocycles. The summed E-state index contributed by atoms with van der Waals surface area (Å²) < 4.78 is 75.3. The highest BCUT2D eigenvalue weighted by Gasteiger charge is 2.47. The number of halogens is 6. The van der Waals surface area contributed by atoms with E-state index in [9.17, 15) is 26.3 Å². The molecule has 2 aliphatic rings. The smallest absolute Gasteiger partial charge is 0.166 e. The second kappa shape index (κ2) is 3.78. The molecule has 0 saturated carbocycles. The second-order valence-electron chi connectivity index (χ2n) is 4.42. The number of rotatable bonds is 0. The largest absolute Gasteiger partial charge is 0.412 e. The van der Waals surface area contributed by atoms with Gasteiger partial charge in [-0.3, -0.25) is 0 Å². The van der Waals surface area contributed by atoms with Gasteiger partial charge in [0.2, 0.25) is 0 Å². The maximum absolute atomic E-state index is 12.5. The van der Waals surface area contributed by atoms with E-state index in [4.69, 9.17) is 0 Å². The summed E-state index contributed by atoms with van der Waals surface area (Å²) in [5, 5.41) is 0. The Kier molecular flexibility index (Phi) is 2.78. The standard InChI is InChI=1S/C11H10F6/c12-10(13,14)8-3-1-6-5-7(8)2-4-9(6)11(15,16)17/h3-4,6-7H,1-2,5H2. The van der Waals surface area contributed by atoms with Crippen molar-refractivity contribution in [1.82, 2.24) is 0 Å². The minimum atomic E-state index is -4.42. The Morgan fingerprint density at radius 2 is 1.12 bits per heavy atom. The van der Waals surface area contributed by atoms with Gasteiger partial charge in [0.05, 0.1) is 0 Å². The van der Waals surface area contributed by atoms with Gasteiger partial charge in [-0.2, -0.15) is 26.3 Å². The SMILES string of the molecule is FC(F)(F)C1=CCC2CC1CC=C2C(F)(F)F. The highest BCUT2D eigenvalue weighted by atomic mass is 19.4. The fourth-order valence-electron chi connectivity index (χ4n) is 2.61. The van der Waals surface area contributed by atoms with Crippen LogP contribution in [-0.2, 0) is 0 Å². The Balaban J connectivity index is 2.23. The fourth-order valence-corrected chi connectivity index (χ4v) is 2.61. The number of hydrogen-bond acceptors (Lipinski definition) is 0. The van der Waals surface area contributed by atoms with Crippen LogP contribution >= 0.6 is 0 Å². The molecule has 0 aliphatic heterocycles. The number of hydrogen-bond donors (Lipinski definition) is 0. The molecular formula is C11H10F6. The van der Waals surface area contributed by atoms with Crippen molar-refractivity contribution in [3.63, 3.8) is 0 Å². The van der Waals surface area contributed by atoms with Crippen molar-refractivity contribution in [2.45, 2.75) is 31.6 Å². The Morgan fingerprint density at radius 3 is 1.41 bits per heavy atom. The van der Waals surface area contributed by atoms with Crippen molar-refractivity contribution < 1.29 is 26.3 Å². The Hall–Kier alpha value is -0.940. The van der Waals surface area contributed by atoms with Gasteiger partial charge in [0.25, 0.3) is 0 Å². The average molecular weight is 256 g/mol. The molecule has 2 bridgehead atoms. The van der Waals surface area contributed by atoms with Gasteiger partial charge in [-0.15, -0.1) is 0 Å². The van der Waals surface area contributed by atoms with Gasteiger partial charge in [0, 0.05) is 11.1 Å². The lowest BCUT2D eigenvalue weighted by molar-refractivity contribution is -0.109. The van der Waals surface area contributed by atoms with Crippen molar-refractivity contribution in [3.05, 3.63) is 23.3 Å². The van der Waals surface area contributed by atoms with Crippen LogP contribution < -0.4 is 0 Å². The van der Waals surface area contributed by atoms with E-state index >= 15 is 0 Å². The van der Waals surface area contributed by atoms with E-state index in [1.807, 2.05) is 0 Å². The molecule has 0 fully saturated rings. The van der Waals surface area contributed by atoms with Gasteiger partial charge in [0.1, 0.15) is 0 Å². The Bertz CT molecular complexity index is 334. The zero-order chi connectivity index (χ0) is 12.8. The lowest BCUT2D eigenvalue weighted by Crippen LogP contribution is -2.32. The summed E-state index contributed by atoms with van der Waals surface area (Å²) in [7, 11) is 0.